The number of imidazole rings is 1. The maximum atomic E-state index is 8.89. The summed E-state index contributed by atoms with van der Waals surface area (Å²) in [5.41, 5.74) is 8.45. The highest BCUT2D eigenvalue weighted by molar-refractivity contribution is 9.10. The molecule has 0 fully saturated rings. The monoisotopic (exact) mass is 264 g/mol. The maximum absolute atomic E-state index is 8.89. The van der Waals surface area contributed by atoms with Crippen LogP contribution in [0.4, 0.5) is 5.69 Å². The molecule has 76 valence electrons. The second-order valence-corrected chi connectivity index (χ2v) is 4.14. The van der Waals surface area contributed by atoms with Crippen molar-refractivity contribution in [3.8, 4) is 6.07 Å². The van der Waals surface area contributed by atoms with Crippen molar-refractivity contribution in [3.63, 3.8) is 0 Å². The lowest BCUT2D eigenvalue weighted by atomic mass is 10.2. The molecule has 5 heteroatoms. The van der Waals surface area contributed by atoms with Crippen LogP contribution < -0.4 is 5.73 Å². The van der Waals surface area contributed by atoms with Crippen LogP contribution in [0, 0.1) is 18.3 Å². The molecule has 2 rings (SSSR count). The van der Waals surface area contributed by atoms with Gasteiger partial charge >= 0.3 is 0 Å². The van der Waals surface area contributed by atoms with Gasteiger partial charge in [0.1, 0.15) is 11.9 Å². The first-order chi connectivity index (χ1) is 7.06. The van der Waals surface area contributed by atoms with Gasteiger partial charge < -0.3 is 10.3 Å². The Hall–Kier alpha value is -1.54. The molecule has 2 aromatic rings. The topological polar surface area (TPSA) is 67.6 Å². The molecule has 0 saturated carbocycles. The Morgan fingerprint density at radius 3 is 2.87 bits per heavy atom. The van der Waals surface area contributed by atoms with Crippen molar-refractivity contribution in [3.05, 3.63) is 21.9 Å². The molecular weight excluding hydrogens is 256 g/mol. The third kappa shape index (κ3) is 1.29. The maximum Gasteiger partial charge on any atom is 0.106 e. The minimum atomic E-state index is 0.451. The number of aryl methyl sites for hydroxylation is 2. The van der Waals surface area contributed by atoms with Gasteiger partial charge in [-0.3, -0.25) is 0 Å². The van der Waals surface area contributed by atoms with Crippen molar-refractivity contribution in [2.45, 2.75) is 6.92 Å². The van der Waals surface area contributed by atoms with Crippen molar-refractivity contribution >= 4 is 32.7 Å². The van der Waals surface area contributed by atoms with Crippen molar-refractivity contribution in [1.82, 2.24) is 9.55 Å². The van der Waals surface area contributed by atoms with Crippen LogP contribution >= 0.6 is 15.9 Å². The van der Waals surface area contributed by atoms with Gasteiger partial charge in [0, 0.05) is 7.05 Å². The van der Waals surface area contributed by atoms with Crippen LogP contribution in [0.5, 0.6) is 0 Å². The van der Waals surface area contributed by atoms with Crippen LogP contribution in [0.15, 0.2) is 10.5 Å². The average molecular weight is 265 g/mol. The number of nitrogens with zero attached hydrogens (tertiary/aromatic N) is 3. The van der Waals surface area contributed by atoms with Crippen LogP contribution in [-0.2, 0) is 7.05 Å². The van der Waals surface area contributed by atoms with Crippen LogP contribution in [0.25, 0.3) is 11.0 Å². The minimum absolute atomic E-state index is 0.451. The molecule has 2 N–H and O–H groups in total. The first-order valence-electron chi connectivity index (χ1n) is 4.37. The van der Waals surface area contributed by atoms with Gasteiger partial charge in [-0.2, -0.15) is 5.26 Å². The highest BCUT2D eigenvalue weighted by Gasteiger charge is 2.13. The molecule has 4 nitrogen and oxygen atoms in total. The highest BCUT2D eigenvalue weighted by Crippen LogP contribution is 2.32. The Bertz CT molecular complexity index is 592. The van der Waals surface area contributed by atoms with Crippen molar-refractivity contribution in [2.24, 2.45) is 7.05 Å². The molecule has 15 heavy (non-hydrogen) atoms. The second kappa shape index (κ2) is 3.24. The van der Waals surface area contributed by atoms with E-state index in [0.717, 1.165) is 21.3 Å². The van der Waals surface area contributed by atoms with E-state index in [0.29, 0.717) is 11.3 Å². The summed E-state index contributed by atoms with van der Waals surface area (Å²) in [6.45, 7) is 1.91. The number of nitrogen functional groups attached to an aromatic ring is 1. The molecule has 0 bridgehead atoms. The number of nitrogens with two attached hydrogens (primary N) is 1. The number of benzene rings is 1. The number of aromatic nitrogens is 2. The molecule has 1 heterocycles. The van der Waals surface area contributed by atoms with E-state index >= 15 is 0 Å². The summed E-state index contributed by atoms with van der Waals surface area (Å²) >= 11 is 3.40. The Morgan fingerprint density at radius 2 is 2.27 bits per heavy atom. The quantitative estimate of drug-likeness (QED) is 0.741. The summed E-state index contributed by atoms with van der Waals surface area (Å²) in [6.07, 6.45) is 0. The summed E-state index contributed by atoms with van der Waals surface area (Å²) in [6, 6.07) is 3.76. The Morgan fingerprint density at radius 1 is 1.60 bits per heavy atom. The van der Waals surface area contributed by atoms with Crippen LogP contribution in [0.1, 0.15) is 11.4 Å². The summed E-state index contributed by atoms with van der Waals surface area (Å²) in [5.74, 6) is 0.889. The van der Waals surface area contributed by atoms with E-state index in [4.69, 9.17) is 11.0 Å². The van der Waals surface area contributed by atoms with E-state index in [-0.39, 0.29) is 0 Å². The fourth-order valence-electron chi connectivity index (χ4n) is 1.55. The molecule has 0 spiro atoms. The fraction of sp³-hybridized carbons (Fsp3) is 0.200. The SMILES string of the molecule is Cc1nc2cc(C#N)c(N)c(Br)c2n1C. The number of halogens is 1. The highest BCUT2D eigenvalue weighted by atomic mass is 79.9. The zero-order chi connectivity index (χ0) is 11.2. The van der Waals surface area contributed by atoms with E-state index in [2.05, 4.69) is 27.0 Å². The van der Waals surface area contributed by atoms with Crippen molar-refractivity contribution in [1.29, 1.82) is 5.26 Å². The van der Waals surface area contributed by atoms with Crippen molar-refractivity contribution in [2.75, 3.05) is 5.73 Å². The standard InChI is InChI=1S/C10H9BrN4/c1-5-14-7-3-6(4-12)9(13)8(11)10(7)15(5)2/h3H,13H2,1-2H3. The molecule has 0 amide bonds. The number of nitriles is 1. The van der Waals surface area contributed by atoms with Crippen molar-refractivity contribution < 1.29 is 0 Å². The molecule has 0 atom stereocenters. The van der Waals surface area contributed by atoms with E-state index in [9.17, 15) is 0 Å². The van der Waals surface area contributed by atoms with Gasteiger partial charge in [-0.15, -0.1) is 0 Å². The molecule has 1 aromatic heterocycles. The summed E-state index contributed by atoms with van der Waals surface area (Å²) in [5, 5.41) is 8.89. The first-order valence-corrected chi connectivity index (χ1v) is 5.16. The molecule has 0 saturated heterocycles. The van der Waals surface area contributed by atoms with Gasteiger partial charge in [0.2, 0.25) is 0 Å². The minimum Gasteiger partial charge on any atom is -0.397 e. The molecule has 0 aliphatic heterocycles. The smallest absolute Gasteiger partial charge is 0.106 e. The van der Waals surface area contributed by atoms with E-state index in [1.54, 1.807) is 6.07 Å². The molecule has 0 unspecified atom stereocenters. The number of hydrogen-bond acceptors (Lipinski definition) is 3. The predicted octanol–water partition coefficient (Wildman–Crippen LogP) is 2.10. The van der Waals surface area contributed by atoms with Gasteiger partial charge in [0.25, 0.3) is 0 Å². The van der Waals surface area contributed by atoms with Crippen LogP contribution in [0.2, 0.25) is 0 Å². The van der Waals surface area contributed by atoms with Gasteiger partial charge in [-0.05, 0) is 28.9 Å². The van der Waals surface area contributed by atoms with Gasteiger partial charge in [0.15, 0.2) is 0 Å². The molecule has 0 aliphatic rings. The number of fused-ring (bicyclic) bond motifs is 1. The zero-order valence-corrected chi connectivity index (χ0v) is 9.96. The van der Waals surface area contributed by atoms with Crippen LogP contribution in [-0.4, -0.2) is 9.55 Å². The zero-order valence-electron chi connectivity index (χ0n) is 8.37. The fourth-order valence-corrected chi connectivity index (χ4v) is 2.23. The van der Waals surface area contributed by atoms with E-state index in [1.165, 1.54) is 0 Å². The lowest BCUT2D eigenvalue weighted by Crippen LogP contribution is -1.96. The third-order valence-corrected chi connectivity index (χ3v) is 3.28. The second-order valence-electron chi connectivity index (χ2n) is 3.35. The Labute approximate surface area is 95.4 Å². The molecule has 0 aliphatic carbocycles. The third-order valence-electron chi connectivity index (χ3n) is 2.48. The normalized spacial score (nSPS) is 10.5. The van der Waals surface area contributed by atoms with Gasteiger partial charge in [-0.25, -0.2) is 4.98 Å². The Balaban J connectivity index is 2.99. The van der Waals surface area contributed by atoms with Gasteiger partial charge in [-0.1, -0.05) is 0 Å². The molecule has 1 aromatic carbocycles. The molecular formula is C10H9BrN4. The summed E-state index contributed by atoms with van der Waals surface area (Å²) in [4.78, 5) is 4.35. The lowest BCUT2D eigenvalue weighted by Gasteiger charge is -2.04. The lowest BCUT2D eigenvalue weighted by molar-refractivity contribution is 0.884. The number of anilines is 1. The largest absolute Gasteiger partial charge is 0.397 e. The number of rotatable bonds is 0. The number of hydrogen-bond donors (Lipinski definition) is 1. The van der Waals surface area contributed by atoms with E-state index in [1.807, 2.05) is 18.5 Å². The average Bonchev–Trinajstić information content (AvgIpc) is 2.49. The summed E-state index contributed by atoms with van der Waals surface area (Å²) in [7, 11) is 1.92. The molecule has 0 radical (unpaired) electrons. The predicted molar refractivity (Wildman–Crippen MR) is 62.3 cm³/mol. The first kappa shape index (κ1) is 9.99. The summed E-state index contributed by atoms with van der Waals surface area (Å²) < 4.78 is 2.68. The van der Waals surface area contributed by atoms with E-state index < -0.39 is 0 Å². The van der Waals surface area contributed by atoms with Gasteiger partial charge in [0.05, 0.1) is 26.8 Å². The van der Waals surface area contributed by atoms with Crippen LogP contribution in [0.3, 0.4) is 0 Å². The Kier molecular flexibility index (Phi) is 2.16.